The molecule has 84 valence electrons. The zero-order valence-corrected chi connectivity index (χ0v) is 10.1. The van der Waals surface area contributed by atoms with E-state index in [4.69, 9.17) is 9.84 Å². The second-order valence-corrected chi connectivity index (χ2v) is 4.05. The lowest BCUT2D eigenvalue weighted by atomic mass is 10.3. The maximum absolute atomic E-state index is 11.2. The van der Waals surface area contributed by atoms with Gasteiger partial charge in [0.05, 0.1) is 11.1 Å². The molecule has 0 aliphatic carbocycles. The highest BCUT2D eigenvalue weighted by Gasteiger charge is 2.19. The summed E-state index contributed by atoms with van der Waals surface area (Å²) in [7, 11) is 1.50. The zero-order valence-electron chi connectivity index (χ0n) is 8.48. The van der Waals surface area contributed by atoms with Crippen LogP contribution in [-0.2, 0) is 11.3 Å². The van der Waals surface area contributed by atoms with Gasteiger partial charge in [0, 0.05) is 13.3 Å². The first kappa shape index (κ1) is 11.1. The van der Waals surface area contributed by atoms with E-state index in [-0.39, 0.29) is 12.3 Å². The van der Waals surface area contributed by atoms with Crippen LogP contribution >= 0.6 is 15.9 Å². The van der Waals surface area contributed by atoms with E-state index in [0.717, 1.165) is 4.47 Å². The number of aromatic carboxylic acids is 1. The summed E-state index contributed by atoms with van der Waals surface area (Å²) < 4.78 is 7.21. The molecule has 0 fully saturated rings. The molecule has 1 N–H and O–H groups in total. The minimum atomic E-state index is -1.02. The number of carboxylic acid groups (broad SMARTS) is 1. The predicted molar refractivity (Wildman–Crippen MR) is 60.6 cm³/mol. The first-order valence-corrected chi connectivity index (χ1v) is 5.32. The highest BCUT2D eigenvalue weighted by atomic mass is 79.9. The number of rotatable bonds is 3. The van der Waals surface area contributed by atoms with Gasteiger partial charge in [0.2, 0.25) is 0 Å². The normalized spacial score (nSPS) is 10.9. The average Bonchev–Trinajstić information content (AvgIpc) is 2.58. The van der Waals surface area contributed by atoms with Gasteiger partial charge in [0.25, 0.3) is 0 Å². The summed E-state index contributed by atoms with van der Waals surface area (Å²) in [4.78, 5) is 15.4. The standard InChI is InChI=1S/C10H9BrN2O3/c1-16-5-7-8(10(14)15)13-4-2-3-6(11)9(13)12-7/h2-4H,5H2,1H3,(H,14,15). The number of carbonyl (C=O) groups is 1. The lowest BCUT2D eigenvalue weighted by molar-refractivity contribution is 0.0683. The number of fused-ring (bicyclic) bond motifs is 1. The number of hydrogen-bond donors (Lipinski definition) is 1. The number of pyridine rings is 1. The van der Waals surface area contributed by atoms with Crippen molar-refractivity contribution in [1.82, 2.24) is 9.38 Å². The molecule has 0 saturated carbocycles. The summed E-state index contributed by atoms with van der Waals surface area (Å²) in [5.74, 6) is -1.02. The Bertz CT molecular complexity index is 550. The van der Waals surface area contributed by atoms with Crippen LogP contribution in [0.5, 0.6) is 0 Å². The number of aromatic nitrogens is 2. The fourth-order valence-corrected chi connectivity index (χ4v) is 1.98. The Balaban J connectivity index is 2.75. The molecule has 6 heteroatoms. The molecular weight excluding hydrogens is 276 g/mol. The summed E-state index contributed by atoms with van der Waals surface area (Å²) in [6, 6.07) is 3.56. The molecule has 16 heavy (non-hydrogen) atoms. The first-order chi connectivity index (χ1) is 7.65. The molecule has 2 aromatic heterocycles. The molecule has 0 unspecified atom stereocenters. The van der Waals surface area contributed by atoms with E-state index in [9.17, 15) is 4.79 Å². The van der Waals surface area contributed by atoms with Gasteiger partial charge >= 0.3 is 5.97 Å². The van der Waals surface area contributed by atoms with Gasteiger partial charge in [0.15, 0.2) is 11.3 Å². The minimum Gasteiger partial charge on any atom is -0.477 e. The van der Waals surface area contributed by atoms with Crippen LogP contribution in [0.15, 0.2) is 22.8 Å². The lowest BCUT2D eigenvalue weighted by Gasteiger charge is -1.99. The number of halogens is 1. The molecule has 2 aromatic rings. The summed E-state index contributed by atoms with van der Waals surface area (Å²) >= 11 is 3.33. The molecule has 0 radical (unpaired) electrons. The van der Waals surface area contributed by atoms with Crippen molar-refractivity contribution in [3.63, 3.8) is 0 Å². The Morgan fingerprint density at radius 1 is 1.69 bits per heavy atom. The van der Waals surface area contributed by atoms with Crippen molar-refractivity contribution in [1.29, 1.82) is 0 Å². The molecule has 0 amide bonds. The van der Waals surface area contributed by atoms with Crippen molar-refractivity contribution in [2.75, 3.05) is 7.11 Å². The van der Waals surface area contributed by atoms with Crippen molar-refractivity contribution in [3.05, 3.63) is 34.2 Å². The van der Waals surface area contributed by atoms with Gasteiger partial charge in [-0.15, -0.1) is 0 Å². The maximum Gasteiger partial charge on any atom is 0.354 e. The van der Waals surface area contributed by atoms with E-state index < -0.39 is 5.97 Å². The Morgan fingerprint density at radius 3 is 3.06 bits per heavy atom. The Morgan fingerprint density at radius 2 is 2.44 bits per heavy atom. The van der Waals surface area contributed by atoms with E-state index in [2.05, 4.69) is 20.9 Å². The molecule has 0 spiro atoms. The third-order valence-corrected chi connectivity index (χ3v) is 2.78. The summed E-state index contributed by atoms with van der Waals surface area (Å²) in [5.41, 5.74) is 1.13. The summed E-state index contributed by atoms with van der Waals surface area (Å²) in [6.45, 7) is 0.176. The van der Waals surface area contributed by atoms with E-state index in [1.807, 2.05) is 6.07 Å². The van der Waals surface area contributed by atoms with E-state index >= 15 is 0 Å². The van der Waals surface area contributed by atoms with Gasteiger partial charge in [-0.2, -0.15) is 0 Å². The summed E-state index contributed by atoms with van der Waals surface area (Å²) in [5, 5.41) is 9.14. The SMILES string of the molecule is COCc1nc2c(Br)cccn2c1C(=O)O. The number of imidazole rings is 1. The van der Waals surface area contributed by atoms with Crippen molar-refractivity contribution >= 4 is 27.5 Å². The van der Waals surface area contributed by atoms with Crippen LogP contribution < -0.4 is 0 Å². The van der Waals surface area contributed by atoms with Crippen LogP contribution in [0, 0.1) is 0 Å². The number of nitrogens with zero attached hydrogens (tertiary/aromatic N) is 2. The first-order valence-electron chi connectivity index (χ1n) is 4.53. The van der Waals surface area contributed by atoms with E-state index in [0.29, 0.717) is 11.3 Å². The molecule has 2 rings (SSSR count). The average molecular weight is 285 g/mol. The quantitative estimate of drug-likeness (QED) is 0.936. The fourth-order valence-electron chi connectivity index (χ4n) is 1.55. The molecule has 0 bridgehead atoms. The Hall–Kier alpha value is -1.40. The molecular formula is C10H9BrN2O3. The second-order valence-electron chi connectivity index (χ2n) is 3.20. The van der Waals surface area contributed by atoms with E-state index in [1.165, 1.54) is 11.5 Å². The molecule has 0 aromatic carbocycles. The van der Waals surface area contributed by atoms with Crippen molar-refractivity contribution in [3.8, 4) is 0 Å². The van der Waals surface area contributed by atoms with Crippen LogP contribution in [0.4, 0.5) is 0 Å². The van der Waals surface area contributed by atoms with E-state index in [1.54, 1.807) is 12.3 Å². The van der Waals surface area contributed by atoms with Gasteiger partial charge in [-0.3, -0.25) is 4.40 Å². The number of hydrogen-bond acceptors (Lipinski definition) is 3. The second kappa shape index (κ2) is 4.23. The van der Waals surface area contributed by atoms with Crippen molar-refractivity contribution < 1.29 is 14.6 Å². The fraction of sp³-hybridized carbons (Fsp3) is 0.200. The predicted octanol–water partition coefficient (Wildman–Crippen LogP) is 1.94. The van der Waals surface area contributed by atoms with Crippen LogP contribution in [-0.4, -0.2) is 27.6 Å². The Kier molecular flexibility index (Phi) is 2.93. The van der Waals surface area contributed by atoms with Gasteiger partial charge in [-0.05, 0) is 28.1 Å². The molecule has 2 heterocycles. The summed E-state index contributed by atoms with van der Waals surface area (Å²) in [6.07, 6.45) is 1.66. The van der Waals surface area contributed by atoms with Gasteiger partial charge in [-0.25, -0.2) is 9.78 Å². The third-order valence-electron chi connectivity index (χ3n) is 2.16. The van der Waals surface area contributed by atoms with Crippen LogP contribution in [0.3, 0.4) is 0 Å². The highest BCUT2D eigenvalue weighted by Crippen LogP contribution is 2.21. The van der Waals surface area contributed by atoms with Gasteiger partial charge in [-0.1, -0.05) is 0 Å². The third kappa shape index (κ3) is 1.70. The van der Waals surface area contributed by atoms with Crippen LogP contribution in [0.1, 0.15) is 16.2 Å². The number of carboxylic acids is 1. The number of ether oxygens (including phenoxy) is 1. The van der Waals surface area contributed by atoms with Crippen molar-refractivity contribution in [2.45, 2.75) is 6.61 Å². The largest absolute Gasteiger partial charge is 0.477 e. The highest BCUT2D eigenvalue weighted by molar-refractivity contribution is 9.10. The Labute approximate surface area is 99.8 Å². The van der Waals surface area contributed by atoms with Gasteiger partial charge < -0.3 is 9.84 Å². The monoisotopic (exact) mass is 284 g/mol. The number of methoxy groups -OCH3 is 1. The molecule has 5 nitrogen and oxygen atoms in total. The molecule has 0 saturated heterocycles. The van der Waals surface area contributed by atoms with Crippen LogP contribution in [0.25, 0.3) is 5.65 Å². The zero-order chi connectivity index (χ0) is 11.7. The van der Waals surface area contributed by atoms with Crippen LogP contribution in [0.2, 0.25) is 0 Å². The maximum atomic E-state index is 11.2. The molecule has 0 aliphatic heterocycles. The van der Waals surface area contributed by atoms with Crippen molar-refractivity contribution in [2.24, 2.45) is 0 Å². The smallest absolute Gasteiger partial charge is 0.354 e. The minimum absolute atomic E-state index is 0.137. The molecule has 0 aliphatic rings. The topological polar surface area (TPSA) is 63.8 Å². The molecule has 0 atom stereocenters. The lowest BCUT2D eigenvalue weighted by Crippen LogP contribution is -2.05. The van der Waals surface area contributed by atoms with Gasteiger partial charge in [0.1, 0.15) is 5.69 Å².